The van der Waals surface area contributed by atoms with Crippen LogP contribution in [0.1, 0.15) is 29.4 Å². The number of aromatic nitrogens is 2. The predicted molar refractivity (Wildman–Crippen MR) is 98.8 cm³/mol. The summed E-state index contributed by atoms with van der Waals surface area (Å²) >= 11 is 6.12. The third-order valence-electron chi connectivity index (χ3n) is 4.29. The van der Waals surface area contributed by atoms with Crippen molar-refractivity contribution in [3.8, 4) is 0 Å². The lowest BCUT2D eigenvalue weighted by Gasteiger charge is -2.21. The number of imidazole rings is 1. The van der Waals surface area contributed by atoms with Gasteiger partial charge >= 0.3 is 0 Å². The topological polar surface area (TPSA) is 78.0 Å². The number of rotatable bonds is 6. The number of aromatic amines is 1. The first kappa shape index (κ1) is 17.5. The molecule has 6 heteroatoms. The first-order valence-corrected chi connectivity index (χ1v) is 8.57. The Bertz CT molecular complexity index is 862. The van der Waals surface area contributed by atoms with Crippen LogP contribution in [0.5, 0.6) is 0 Å². The highest BCUT2D eigenvalue weighted by Gasteiger charge is 2.19. The fourth-order valence-electron chi connectivity index (χ4n) is 2.90. The number of fused-ring (bicyclic) bond motifs is 1. The van der Waals surface area contributed by atoms with E-state index in [1.807, 2.05) is 36.4 Å². The molecule has 0 aliphatic rings. The minimum atomic E-state index is -0.665. The van der Waals surface area contributed by atoms with Gasteiger partial charge in [-0.1, -0.05) is 35.9 Å². The minimum Gasteiger partial charge on any atom is -0.391 e. The molecule has 0 saturated heterocycles. The lowest BCUT2D eigenvalue weighted by atomic mass is 9.97. The number of aliphatic hydroxyl groups is 1. The summed E-state index contributed by atoms with van der Waals surface area (Å²) in [7, 11) is 0. The summed E-state index contributed by atoms with van der Waals surface area (Å²) in [6, 6.07) is 11.5. The van der Waals surface area contributed by atoms with E-state index in [-0.39, 0.29) is 11.9 Å². The number of aryl methyl sites for hydroxylation is 1. The Hall–Kier alpha value is -2.37. The van der Waals surface area contributed by atoms with Gasteiger partial charge in [0.2, 0.25) is 0 Å². The van der Waals surface area contributed by atoms with Gasteiger partial charge in [0.15, 0.2) is 0 Å². The molecule has 130 valence electrons. The van der Waals surface area contributed by atoms with Crippen molar-refractivity contribution in [2.45, 2.75) is 31.9 Å². The smallest absolute Gasteiger partial charge is 0.271 e. The van der Waals surface area contributed by atoms with Gasteiger partial charge in [-0.2, -0.15) is 0 Å². The number of nitrogens with one attached hydrogen (secondary N) is 2. The molecule has 0 spiro atoms. The van der Waals surface area contributed by atoms with E-state index < -0.39 is 6.10 Å². The molecule has 0 radical (unpaired) electrons. The molecule has 1 aromatic heterocycles. The molecule has 1 amide bonds. The van der Waals surface area contributed by atoms with Crippen molar-refractivity contribution in [3.05, 3.63) is 65.2 Å². The van der Waals surface area contributed by atoms with Crippen molar-refractivity contribution >= 4 is 28.3 Å². The van der Waals surface area contributed by atoms with Gasteiger partial charge < -0.3 is 15.4 Å². The first-order valence-electron chi connectivity index (χ1n) is 8.19. The van der Waals surface area contributed by atoms with Crippen LogP contribution >= 0.6 is 11.6 Å². The maximum Gasteiger partial charge on any atom is 0.271 e. The molecule has 0 aliphatic carbocycles. The van der Waals surface area contributed by atoms with Gasteiger partial charge in [0.1, 0.15) is 5.69 Å². The number of amides is 1. The maximum atomic E-state index is 12.2. The Morgan fingerprint density at radius 1 is 1.36 bits per heavy atom. The van der Waals surface area contributed by atoms with E-state index in [0.717, 1.165) is 16.3 Å². The third kappa shape index (κ3) is 4.18. The van der Waals surface area contributed by atoms with Gasteiger partial charge in [0, 0.05) is 11.2 Å². The number of carbonyl (C=O) groups excluding carboxylic acids is 1. The van der Waals surface area contributed by atoms with E-state index in [0.29, 0.717) is 23.6 Å². The van der Waals surface area contributed by atoms with Gasteiger partial charge in [-0.3, -0.25) is 4.79 Å². The Kier molecular flexibility index (Phi) is 5.36. The molecule has 0 saturated carbocycles. The van der Waals surface area contributed by atoms with E-state index in [2.05, 4.69) is 15.3 Å². The number of carbonyl (C=O) groups is 1. The highest BCUT2D eigenvalue weighted by Crippen LogP contribution is 2.24. The maximum absolute atomic E-state index is 12.2. The summed E-state index contributed by atoms with van der Waals surface area (Å²) in [5, 5.41) is 15.8. The summed E-state index contributed by atoms with van der Waals surface area (Å²) in [5.41, 5.74) is 1.45. The molecule has 3 N–H and O–H groups in total. The van der Waals surface area contributed by atoms with Crippen LogP contribution in [-0.4, -0.2) is 33.1 Å². The van der Waals surface area contributed by atoms with Crippen molar-refractivity contribution < 1.29 is 9.90 Å². The molecular weight excluding hydrogens is 338 g/mol. The van der Waals surface area contributed by atoms with E-state index in [1.165, 1.54) is 12.5 Å². The first-order chi connectivity index (χ1) is 12.0. The lowest BCUT2D eigenvalue weighted by Crippen LogP contribution is -2.42. The van der Waals surface area contributed by atoms with E-state index in [9.17, 15) is 9.90 Å². The number of hydrogen-bond donors (Lipinski definition) is 3. The molecule has 2 aromatic carbocycles. The zero-order valence-corrected chi connectivity index (χ0v) is 14.6. The summed E-state index contributed by atoms with van der Waals surface area (Å²) in [6.45, 7) is 1.68. The third-order valence-corrected chi connectivity index (χ3v) is 4.52. The molecule has 0 aliphatic heterocycles. The van der Waals surface area contributed by atoms with E-state index >= 15 is 0 Å². The second kappa shape index (κ2) is 7.68. The van der Waals surface area contributed by atoms with Crippen LogP contribution in [0, 0.1) is 0 Å². The molecule has 3 aromatic rings. The largest absolute Gasteiger partial charge is 0.391 e. The summed E-state index contributed by atoms with van der Waals surface area (Å²) < 4.78 is 0. The number of H-pyrrole nitrogens is 1. The Morgan fingerprint density at radius 2 is 2.20 bits per heavy atom. The van der Waals surface area contributed by atoms with Crippen LogP contribution in [0.25, 0.3) is 10.8 Å². The highest BCUT2D eigenvalue weighted by molar-refractivity contribution is 6.31. The van der Waals surface area contributed by atoms with Crippen molar-refractivity contribution in [2.75, 3.05) is 0 Å². The summed E-state index contributed by atoms with van der Waals surface area (Å²) in [6.07, 6.45) is 3.64. The second-order valence-electron chi connectivity index (χ2n) is 6.10. The molecule has 1 heterocycles. The zero-order valence-electron chi connectivity index (χ0n) is 13.9. The molecule has 0 bridgehead atoms. The van der Waals surface area contributed by atoms with Gasteiger partial charge in [0.25, 0.3) is 5.91 Å². The summed E-state index contributed by atoms with van der Waals surface area (Å²) in [4.78, 5) is 18.8. The normalized spacial score (nSPS) is 13.6. The van der Waals surface area contributed by atoms with Gasteiger partial charge in [-0.05, 0) is 48.2 Å². The lowest BCUT2D eigenvalue weighted by molar-refractivity contribution is 0.0846. The van der Waals surface area contributed by atoms with Crippen LogP contribution in [0.4, 0.5) is 0 Å². The molecule has 2 atom stereocenters. The quantitative estimate of drug-likeness (QED) is 0.633. The SMILES string of the molecule is C[C@H](O)[C@@H](CCc1cccc2ccc(Cl)cc12)NC(=O)c1c[nH]cn1. The fraction of sp³-hybridized carbons (Fsp3) is 0.263. The Balaban J connectivity index is 1.74. The van der Waals surface area contributed by atoms with Crippen LogP contribution < -0.4 is 5.32 Å². The molecule has 0 fully saturated rings. The minimum absolute atomic E-state index is 0.298. The second-order valence-corrected chi connectivity index (χ2v) is 6.53. The number of hydrogen-bond acceptors (Lipinski definition) is 3. The Morgan fingerprint density at radius 3 is 2.92 bits per heavy atom. The fourth-order valence-corrected chi connectivity index (χ4v) is 3.07. The van der Waals surface area contributed by atoms with Crippen molar-refractivity contribution in [1.82, 2.24) is 15.3 Å². The molecule has 0 unspecified atom stereocenters. The monoisotopic (exact) mass is 357 g/mol. The van der Waals surface area contributed by atoms with Gasteiger partial charge in [-0.25, -0.2) is 4.98 Å². The number of aliphatic hydroxyl groups excluding tert-OH is 1. The van der Waals surface area contributed by atoms with Crippen molar-refractivity contribution in [1.29, 1.82) is 0 Å². The van der Waals surface area contributed by atoms with Gasteiger partial charge in [-0.15, -0.1) is 0 Å². The van der Waals surface area contributed by atoms with Crippen LogP contribution in [0.2, 0.25) is 5.02 Å². The van der Waals surface area contributed by atoms with E-state index in [4.69, 9.17) is 11.6 Å². The van der Waals surface area contributed by atoms with Crippen LogP contribution in [0.15, 0.2) is 48.9 Å². The number of benzene rings is 2. The standard InChI is InChI=1S/C19H20ClN3O2/c1-12(24)17(23-19(25)18-10-21-11-22-18)8-6-14-4-2-3-13-5-7-15(20)9-16(13)14/h2-5,7,9-12,17,24H,6,8H2,1H3,(H,21,22)(H,23,25)/t12-,17+/m0/s1. The Labute approximate surface area is 151 Å². The van der Waals surface area contributed by atoms with E-state index in [1.54, 1.807) is 6.92 Å². The molecule has 5 nitrogen and oxygen atoms in total. The number of nitrogens with zero attached hydrogens (tertiary/aromatic N) is 1. The molecule has 3 rings (SSSR count). The average Bonchev–Trinajstić information content (AvgIpc) is 3.13. The highest BCUT2D eigenvalue weighted by atomic mass is 35.5. The van der Waals surface area contributed by atoms with Crippen LogP contribution in [-0.2, 0) is 6.42 Å². The van der Waals surface area contributed by atoms with Gasteiger partial charge in [0.05, 0.1) is 18.5 Å². The molecule has 25 heavy (non-hydrogen) atoms. The predicted octanol–water partition coefficient (Wildman–Crippen LogP) is 3.33. The van der Waals surface area contributed by atoms with Crippen molar-refractivity contribution in [2.24, 2.45) is 0 Å². The molecular formula is C19H20ClN3O2. The number of halogens is 1. The average molecular weight is 358 g/mol. The summed E-state index contributed by atoms with van der Waals surface area (Å²) in [5.74, 6) is -0.298. The zero-order chi connectivity index (χ0) is 17.8. The van der Waals surface area contributed by atoms with Crippen molar-refractivity contribution in [3.63, 3.8) is 0 Å². The van der Waals surface area contributed by atoms with Crippen LogP contribution in [0.3, 0.4) is 0 Å².